The van der Waals surface area contributed by atoms with Crippen molar-refractivity contribution in [1.29, 1.82) is 0 Å². The predicted molar refractivity (Wildman–Crippen MR) is 56.0 cm³/mol. The van der Waals surface area contributed by atoms with E-state index < -0.39 is 6.09 Å². The fourth-order valence-corrected chi connectivity index (χ4v) is 1.60. The van der Waals surface area contributed by atoms with Gasteiger partial charge < -0.3 is 14.7 Å². The molecule has 0 aromatic carbocycles. The van der Waals surface area contributed by atoms with Crippen molar-refractivity contribution < 1.29 is 14.6 Å². The maximum Gasteiger partial charge on any atom is 0.407 e. The van der Waals surface area contributed by atoms with Crippen molar-refractivity contribution in [3.05, 3.63) is 22.8 Å². The van der Waals surface area contributed by atoms with E-state index in [2.05, 4.69) is 20.9 Å². The van der Waals surface area contributed by atoms with Gasteiger partial charge in [-0.05, 0) is 6.07 Å². The Morgan fingerprint density at radius 3 is 3.00 bits per heavy atom. The molecule has 0 aliphatic carbocycles. The quantitative estimate of drug-likeness (QED) is 0.888. The lowest BCUT2D eigenvalue weighted by Crippen LogP contribution is -2.55. The predicted octanol–water partition coefficient (Wildman–Crippen LogP) is 1.59. The van der Waals surface area contributed by atoms with Crippen molar-refractivity contribution in [2.45, 2.75) is 6.10 Å². The van der Waals surface area contributed by atoms with Crippen molar-refractivity contribution >= 4 is 22.0 Å². The third-order valence-electron chi connectivity index (χ3n) is 2.10. The lowest BCUT2D eigenvalue weighted by Gasteiger charge is -2.36. The van der Waals surface area contributed by atoms with Gasteiger partial charge in [-0.2, -0.15) is 0 Å². The smallest absolute Gasteiger partial charge is 0.407 e. The average Bonchev–Trinajstić information content (AvgIpc) is 2.10. The number of halogens is 1. The van der Waals surface area contributed by atoms with Gasteiger partial charge in [0, 0.05) is 16.7 Å². The molecule has 0 atom stereocenters. The van der Waals surface area contributed by atoms with Crippen LogP contribution in [0.3, 0.4) is 0 Å². The Labute approximate surface area is 94.8 Å². The zero-order chi connectivity index (χ0) is 10.8. The minimum absolute atomic E-state index is 0.0806. The minimum atomic E-state index is -0.906. The summed E-state index contributed by atoms with van der Waals surface area (Å²) in [7, 11) is 0. The molecule has 6 heteroatoms. The maximum atomic E-state index is 10.5. The van der Waals surface area contributed by atoms with Crippen LogP contribution in [0, 0.1) is 0 Å². The van der Waals surface area contributed by atoms with Gasteiger partial charge >= 0.3 is 6.09 Å². The van der Waals surface area contributed by atoms with Crippen LogP contribution >= 0.6 is 15.9 Å². The van der Waals surface area contributed by atoms with Crippen LogP contribution in [0.2, 0.25) is 0 Å². The Bertz CT molecular complexity index is 379. The molecule has 0 saturated carbocycles. The Hall–Kier alpha value is -1.30. The van der Waals surface area contributed by atoms with Gasteiger partial charge in [0.15, 0.2) is 0 Å². The molecular formula is C9H9BrN2O3. The fourth-order valence-electron chi connectivity index (χ4n) is 1.29. The Morgan fingerprint density at radius 2 is 2.40 bits per heavy atom. The summed E-state index contributed by atoms with van der Waals surface area (Å²) in [6.07, 6.45) is 0.646. The first-order chi connectivity index (χ1) is 7.15. The number of likely N-dealkylation sites (tertiary alicyclic amines) is 1. The fraction of sp³-hybridized carbons (Fsp3) is 0.333. The lowest BCUT2D eigenvalue weighted by atomic mass is 10.2. The number of rotatable bonds is 2. The van der Waals surface area contributed by atoms with Gasteiger partial charge in [-0.3, -0.25) is 0 Å². The topological polar surface area (TPSA) is 62.7 Å². The summed E-state index contributed by atoms with van der Waals surface area (Å²) in [6.45, 7) is 0.813. The molecule has 0 spiro atoms. The third kappa shape index (κ3) is 2.38. The number of aromatic nitrogens is 1. The molecule has 1 N–H and O–H groups in total. The number of pyridine rings is 1. The van der Waals surface area contributed by atoms with Gasteiger partial charge in [0.25, 0.3) is 0 Å². The van der Waals surface area contributed by atoms with Gasteiger partial charge in [-0.15, -0.1) is 0 Å². The molecule has 80 valence electrons. The molecule has 2 rings (SSSR count). The molecule has 1 amide bonds. The SMILES string of the molecule is O=C(O)N1CC(Oc2cc(Br)ccn2)C1. The van der Waals surface area contributed by atoms with Gasteiger partial charge in [-0.25, -0.2) is 9.78 Å². The first kappa shape index (κ1) is 10.2. The summed E-state index contributed by atoms with van der Waals surface area (Å²) in [5, 5.41) is 8.61. The molecule has 0 radical (unpaired) electrons. The van der Waals surface area contributed by atoms with E-state index in [1.165, 1.54) is 4.90 Å². The normalized spacial score (nSPS) is 15.9. The van der Waals surface area contributed by atoms with Crippen LogP contribution in [0.25, 0.3) is 0 Å². The van der Waals surface area contributed by atoms with E-state index in [4.69, 9.17) is 9.84 Å². The summed E-state index contributed by atoms with van der Waals surface area (Å²) in [5.74, 6) is 0.513. The van der Waals surface area contributed by atoms with Crippen LogP contribution in [0.4, 0.5) is 4.79 Å². The summed E-state index contributed by atoms with van der Waals surface area (Å²) < 4.78 is 6.36. The van der Waals surface area contributed by atoms with Crippen LogP contribution < -0.4 is 4.74 Å². The van der Waals surface area contributed by atoms with Gasteiger partial charge in [-0.1, -0.05) is 15.9 Å². The molecule has 1 aromatic heterocycles. The van der Waals surface area contributed by atoms with E-state index >= 15 is 0 Å². The number of amides is 1. The molecule has 1 saturated heterocycles. The molecule has 1 aromatic rings. The van der Waals surface area contributed by atoms with Crippen molar-refractivity contribution in [2.75, 3.05) is 13.1 Å². The number of ether oxygens (including phenoxy) is 1. The highest BCUT2D eigenvalue weighted by Gasteiger charge is 2.32. The van der Waals surface area contributed by atoms with Crippen molar-refractivity contribution in [1.82, 2.24) is 9.88 Å². The second-order valence-electron chi connectivity index (χ2n) is 3.24. The molecule has 5 nitrogen and oxygen atoms in total. The van der Waals surface area contributed by atoms with Crippen molar-refractivity contribution in [2.24, 2.45) is 0 Å². The largest absolute Gasteiger partial charge is 0.471 e. The van der Waals surface area contributed by atoms with Gasteiger partial charge in [0.2, 0.25) is 5.88 Å². The Kier molecular flexibility index (Phi) is 2.77. The number of nitrogens with zero attached hydrogens (tertiary/aromatic N) is 2. The second kappa shape index (κ2) is 4.06. The molecule has 2 heterocycles. The number of hydrogen-bond acceptors (Lipinski definition) is 3. The summed E-state index contributed by atoms with van der Waals surface area (Å²) in [4.78, 5) is 15.8. The van der Waals surface area contributed by atoms with Crippen molar-refractivity contribution in [3.8, 4) is 5.88 Å². The molecule has 0 unspecified atom stereocenters. The van der Waals surface area contributed by atoms with Crippen LogP contribution in [0.5, 0.6) is 5.88 Å². The highest BCUT2D eigenvalue weighted by atomic mass is 79.9. The standard InChI is InChI=1S/C9H9BrN2O3/c10-6-1-2-11-8(3-6)15-7-4-12(5-7)9(13)14/h1-3,7H,4-5H2,(H,13,14). The monoisotopic (exact) mass is 272 g/mol. The zero-order valence-electron chi connectivity index (χ0n) is 7.76. The first-order valence-electron chi connectivity index (χ1n) is 4.41. The Balaban J connectivity index is 1.87. The molecule has 1 aliphatic rings. The number of hydrogen-bond donors (Lipinski definition) is 1. The van der Waals surface area contributed by atoms with Crippen LogP contribution in [-0.4, -0.2) is 40.3 Å². The van der Waals surface area contributed by atoms with E-state index in [0.29, 0.717) is 19.0 Å². The van der Waals surface area contributed by atoms with E-state index in [-0.39, 0.29) is 6.10 Å². The van der Waals surface area contributed by atoms with Crippen LogP contribution in [-0.2, 0) is 0 Å². The summed E-state index contributed by atoms with van der Waals surface area (Å²) >= 11 is 3.30. The number of carboxylic acid groups (broad SMARTS) is 1. The van der Waals surface area contributed by atoms with Gasteiger partial charge in [0.1, 0.15) is 6.10 Å². The first-order valence-corrected chi connectivity index (χ1v) is 5.20. The van der Waals surface area contributed by atoms with Crippen LogP contribution in [0.1, 0.15) is 0 Å². The lowest BCUT2D eigenvalue weighted by molar-refractivity contribution is 0.0227. The van der Waals surface area contributed by atoms with E-state index in [1.807, 2.05) is 0 Å². The average molecular weight is 273 g/mol. The van der Waals surface area contributed by atoms with E-state index in [9.17, 15) is 4.79 Å². The molecular weight excluding hydrogens is 264 g/mol. The Morgan fingerprint density at radius 1 is 1.67 bits per heavy atom. The minimum Gasteiger partial charge on any atom is -0.471 e. The van der Waals surface area contributed by atoms with Crippen molar-refractivity contribution in [3.63, 3.8) is 0 Å². The second-order valence-corrected chi connectivity index (χ2v) is 4.16. The molecule has 1 aliphatic heterocycles. The van der Waals surface area contributed by atoms with Gasteiger partial charge in [0.05, 0.1) is 13.1 Å². The third-order valence-corrected chi connectivity index (χ3v) is 2.60. The zero-order valence-corrected chi connectivity index (χ0v) is 9.35. The molecule has 1 fully saturated rings. The molecule has 0 bridgehead atoms. The summed E-state index contributed by atoms with van der Waals surface area (Å²) in [5.41, 5.74) is 0. The number of carbonyl (C=O) groups is 1. The maximum absolute atomic E-state index is 10.5. The highest BCUT2D eigenvalue weighted by molar-refractivity contribution is 9.10. The summed E-state index contributed by atoms with van der Waals surface area (Å²) in [6, 6.07) is 3.56. The van der Waals surface area contributed by atoms with E-state index in [0.717, 1.165) is 4.47 Å². The van der Waals surface area contributed by atoms with Crippen LogP contribution in [0.15, 0.2) is 22.8 Å². The van der Waals surface area contributed by atoms with E-state index in [1.54, 1.807) is 18.3 Å². The highest BCUT2D eigenvalue weighted by Crippen LogP contribution is 2.19. The molecule has 15 heavy (non-hydrogen) atoms.